The van der Waals surface area contributed by atoms with Gasteiger partial charge >= 0.3 is 0 Å². The van der Waals surface area contributed by atoms with Crippen LogP contribution in [0.25, 0.3) is 6.08 Å². The fourth-order valence-corrected chi connectivity index (χ4v) is 3.47. The Labute approximate surface area is 122 Å². The number of nitrogens with zero attached hydrogens (tertiary/aromatic N) is 3. The van der Waals surface area contributed by atoms with Crippen LogP contribution in [0.15, 0.2) is 9.90 Å². The number of aromatic amines is 1. The summed E-state index contributed by atoms with van der Waals surface area (Å²) in [5.74, 6) is -0.129. The molecule has 20 heavy (non-hydrogen) atoms. The number of amidine groups is 1. The molecule has 0 aromatic carbocycles. The van der Waals surface area contributed by atoms with Gasteiger partial charge in [0, 0.05) is 24.3 Å². The zero-order valence-corrected chi connectivity index (χ0v) is 12.6. The Kier molecular flexibility index (Phi) is 3.65. The number of carbonyl (C=O) groups is 1. The maximum atomic E-state index is 12.0. The Morgan fingerprint density at radius 2 is 2.00 bits per heavy atom. The highest BCUT2D eigenvalue weighted by molar-refractivity contribution is 8.18. The number of aromatic nitrogens is 2. The molecule has 5 nitrogen and oxygen atoms in total. The van der Waals surface area contributed by atoms with E-state index in [9.17, 15) is 4.79 Å². The molecule has 1 saturated heterocycles. The van der Waals surface area contributed by atoms with Crippen LogP contribution in [0.3, 0.4) is 0 Å². The molecule has 1 amide bonds. The first-order valence-electron chi connectivity index (χ1n) is 6.94. The van der Waals surface area contributed by atoms with E-state index in [-0.39, 0.29) is 5.91 Å². The lowest BCUT2D eigenvalue weighted by atomic mass is 10.1. The van der Waals surface area contributed by atoms with Crippen LogP contribution in [0.2, 0.25) is 0 Å². The summed E-state index contributed by atoms with van der Waals surface area (Å²) < 4.78 is 0. The number of nitrogens with one attached hydrogen (secondary N) is 1. The molecule has 0 unspecified atom stereocenters. The Balaban J connectivity index is 1.80. The Bertz CT molecular complexity index is 577. The van der Waals surface area contributed by atoms with Gasteiger partial charge < -0.3 is 4.90 Å². The van der Waals surface area contributed by atoms with Crippen LogP contribution in [0.5, 0.6) is 0 Å². The summed E-state index contributed by atoms with van der Waals surface area (Å²) in [6.45, 7) is 5.92. The maximum Gasteiger partial charge on any atom is 0.286 e. The topological polar surface area (TPSA) is 61.4 Å². The minimum atomic E-state index is -0.129. The molecule has 1 aromatic rings. The fraction of sp³-hybridized carbons (Fsp3) is 0.500. The maximum absolute atomic E-state index is 12.0. The second kappa shape index (κ2) is 5.44. The third-order valence-electron chi connectivity index (χ3n) is 3.70. The number of aliphatic imine (C=N–C) groups is 1. The van der Waals surface area contributed by atoms with Crippen LogP contribution in [-0.4, -0.2) is 39.3 Å². The van der Waals surface area contributed by atoms with Crippen molar-refractivity contribution < 1.29 is 4.79 Å². The van der Waals surface area contributed by atoms with Crippen molar-refractivity contribution >= 4 is 28.9 Å². The Morgan fingerprint density at radius 3 is 2.65 bits per heavy atom. The lowest BCUT2D eigenvalue weighted by molar-refractivity contribution is -0.113. The van der Waals surface area contributed by atoms with Crippen LogP contribution < -0.4 is 0 Å². The number of thioether (sulfide) groups is 1. The quantitative estimate of drug-likeness (QED) is 0.807. The number of amides is 1. The lowest BCUT2D eigenvalue weighted by Crippen LogP contribution is -2.33. The van der Waals surface area contributed by atoms with Gasteiger partial charge in [-0.15, -0.1) is 0 Å². The van der Waals surface area contributed by atoms with Gasteiger partial charge in [0.05, 0.1) is 10.6 Å². The molecule has 0 saturated carbocycles. The summed E-state index contributed by atoms with van der Waals surface area (Å²) in [5.41, 5.74) is 2.89. The molecule has 1 N–H and O–H groups in total. The molecule has 1 aromatic heterocycles. The normalized spacial score (nSPS) is 21.7. The van der Waals surface area contributed by atoms with Gasteiger partial charge in [-0.25, -0.2) is 0 Å². The van der Waals surface area contributed by atoms with Crippen LogP contribution in [-0.2, 0) is 4.79 Å². The molecule has 3 heterocycles. The summed E-state index contributed by atoms with van der Waals surface area (Å²) in [7, 11) is 0. The predicted molar refractivity (Wildman–Crippen MR) is 81.5 cm³/mol. The molecule has 2 aliphatic heterocycles. The van der Waals surface area contributed by atoms with E-state index in [1.165, 1.54) is 31.0 Å². The van der Waals surface area contributed by atoms with Gasteiger partial charge in [0.25, 0.3) is 5.91 Å². The average Bonchev–Trinajstić information content (AvgIpc) is 2.98. The van der Waals surface area contributed by atoms with Crippen molar-refractivity contribution in [2.75, 3.05) is 13.1 Å². The first-order chi connectivity index (χ1) is 9.65. The number of carbonyl (C=O) groups excluding carboxylic acids is 1. The highest BCUT2D eigenvalue weighted by Crippen LogP contribution is 2.32. The molecule has 3 rings (SSSR count). The first-order valence-corrected chi connectivity index (χ1v) is 7.76. The van der Waals surface area contributed by atoms with Crippen molar-refractivity contribution in [3.63, 3.8) is 0 Å². The Hall–Kier alpha value is -1.56. The molecular weight excluding hydrogens is 272 g/mol. The van der Waals surface area contributed by atoms with Crippen molar-refractivity contribution in [3.8, 4) is 0 Å². The summed E-state index contributed by atoms with van der Waals surface area (Å²) in [6, 6.07) is 0. The van der Waals surface area contributed by atoms with E-state index in [0.29, 0.717) is 4.91 Å². The van der Waals surface area contributed by atoms with Gasteiger partial charge in [0.15, 0.2) is 5.17 Å². The number of likely N-dealkylation sites (tertiary alicyclic amines) is 1. The molecule has 0 bridgehead atoms. The van der Waals surface area contributed by atoms with Crippen molar-refractivity contribution in [1.29, 1.82) is 0 Å². The molecule has 0 atom stereocenters. The van der Waals surface area contributed by atoms with Crippen LogP contribution >= 0.6 is 11.8 Å². The summed E-state index contributed by atoms with van der Waals surface area (Å²) >= 11 is 1.49. The number of hydrogen-bond acceptors (Lipinski definition) is 4. The molecule has 0 radical (unpaired) electrons. The summed E-state index contributed by atoms with van der Waals surface area (Å²) in [4.78, 5) is 19.2. The molecular formula is C14H18N4OS. The third-order valence-corrected chi connectivity index (χ3v) is 4.74. The SMILES string of the molecule is Cc1n[nH]c(C)c1C=C1SC(N2CCCCC2)=NC1=O. The Morgan fingerprint density at radius 1 is 1.25 bits per heavy atom. The molecule has 106 valence electrons. The highest BCUT2D eigenvalue weighted by Gasteiger charge is 2.27. The van der Waals surface area contributed by atoms with Crippen molar-refractivity contribution in [1.82, 2.24) is 15.1 Å². The minimum absolute atomic E-state index is 0.129. The zero-order valence-electron chi connectivity index (χ0n) is 11.8. The zero-order chi connectivity index (χ0) is 14.1. The van der Waals surface area contributed by atoms with E-state index in [1.54, 1.807) is 0 Å². The van der Waals surface area contributed by atoms with E-state index >= 15 is 0 Å². The monoisotopic (exact) mass is 290 g/mol. The second-order valence-electron chi connectivity index (χ2n) is 5.21. The predicted octanol–water partition coefficient (Wildman–Crippen LogP) is 2.48. The molecule has 2 aliphatic rings. The van der Waals surface area contributed by atoms with E-state index in [2.05, 4.69) is 20.1 Å². The van der Waals surface area contributed by atoms with Crippen molar-refractivity contribution in [3.05, 3.63) is 21.9 Å². The van der Waals surface area contributed by atoms with Crippen LogP contribution in [0.4, 0.5) is 0 Å². The smallest absolute Gasteiger partial charge is 0.286 e. The molecule has 6 heteroatoms. The van der Waals surface area contributed by atoms with E-state index in [4.69, 9.17) is 0 Å². The van der Waals surface area contributed by atoms with Gasteiger partial charge in [-0.05, 0) is 50.9 Å². The van der Waals surface area contributed by atoms with E-state index < -0.39 is 0 Å². The van der Waals surface area contributed by atoms with Gasteiger partial charge in [-0.1, -0.05) is 0 Å². The van der Waals surface area contributed by atoms with Gasteiger partial charge in [0.2, 0.25) is 0 Å². The number of H-pyrrole nitrogens is 1. The van der Waals surface area contributed by atoms with Gasteiger partial charge in [-0.3, -0.25) is 9.89 Å². The van der Waals surface area contributed by atoms with E-state index in [0.717, 1.165) is 35.2 Å². The average molecular weight is 290 g/mol. The minimum Gasteiger partial charge on any atom is -0.351 e. The fourth-order valence-electron chi connectivity index (χ4n) is 2.52. The molecule has 1 fully saturated rings. The standard InChI is InChI=1S/C14H18N4OS/c1-9-11(10(2)17-16-9)8-12-13(19)15-14(20-12)18-6-4-3-5-7-18/h8H,3-7H2,1-2H3,(H,16,17). The highest BCUT2D eigenvalue weighted by atomic mass is 32.2. The van der Waals surface area contributed by atoms with E-state index in [1.807, 2.05) is 19.9 Å². The van der Waals surface area contributed by atoms with Crippen LogP contribution in [0, 0.1) is 13.8 Å². The summed E-state index contributed by atoms with van der Waals surface area (Å²) in [5, 5.41) is 7.95. The number of aryl methyl sites for hydroxylation is 2. The molecule has 0 aliphatic carbocycles. The third kappa shape index (κ3) is 2.52. The largest absolute Gasteiger partial charge is 0.351 e. The van der Waals surface area contributed by atoms with Gasteiger partial charge in [0.1, 0.15) is 0 Å². The molecule has 0 spiro atoms. The number of piperidine rings is 1. The lowest BCUT2D eigenvalue weighted by Gasteiger charge is -2.27. The van der Waals surface area contributed by atoms with Gasteiger partial charge in [-0.2, -0.15) is 10.1 Å². The number of hydrogen-bond donors (Lipinski definition) is 1. The summed E-state index contributed by atoms with van der Waals surface area (Å²) in [6.07, 6.45) is 5.56. The van der Waals surface area contributed by atoms with Crippen molar-refractivity contribution in [2.45, 2.75) is 33.1 Å². The van der Waals surface area contributed by atoms with Crippen LogP contribution in [0.1, 0.15) is 36.2 Å². The van der Waals surface area contributed by atoms with Crippen molar-refractivity contribution in [2.24, 2.45) is 4.99 Å². The number of rotatable bonds is 1. The first kappa shape index (κ1) is 13.4. The second-order valence-corrected chi connectivity index (χ2v) is 6.21.